The lowest BCUT2D eigenvalue weighted by Gasteiger charge is -2.28. The summed E-state index contributed by atoms with van der Waals surface area (Å²) in [4.78, 5) is 14.4. The molecular formula is C14H22N2OS. The molecule has 0 spiro atoms. The number of nitrogens with one attached hydrogen (secondary N) is 1. The van der Waals surface area contributed by atoms with Crippen LogP contribution >= 0.6 is 11.3 Å². The summed E-state index contributed by atoms with van der Waals surface area (Å²) in [7, 11) is 0. The highest BCUT2D eigenvalue weighted by Gasteiger charge is 2.34. The molecule has 0 unspecified atom stereocenters. The number of carbonyl (C=O) groups excluding carboxylic acids is 1. The maximum atomic E-state index is 12.3. The van der Waals surface area contributed by atoms with Crippen molar-refractivity contribution in [2.24, 2.45) is 5.73 Å². The van der Waals surface area contributed by atoms with Crippen molar-refractivity contribution >= 4 is 17.2 Å². The van der Waals surface area contributed by atoms with Crippen molar-refractivity contribution in [3.8, 4) is 0 Å². The van der Waals surface area contributed by atoms with E-state index < -0.39 is 0 Å². The van der Waals surface area contributed by atoms with E-state index >= 15 is 0 Å². The van der Waals surface area contributed by atoms with E-state index in [-0.39, 0.29) is 11.4 Å². The van der Waals surface area contributed by atoms with Gasteiger partial charge in [-0.3, -0.25) is 4.79 Å². The first kappa shape index (κ1) is 13.6. The van der Waals surface area contributed by atoms with E-state index in [9.17, 15) is 4.79 Å². The minimum atomic E-state index is -0.151. The van der Waals surface area contributed by atoms with E-state index in [0.717, 1.165) is 24.1 Å². The first-order chi connectivity index (χ1) is 8.60. The molecule has 1 heterocycles. The largest absolute Gasteiger partial charge is 0.345 e. The molecule has 0 aromatic carbocycles. The molecule has 1 amide bonds. The molecule has 1 aromatic rings. The summed E-state index contributed by atoms with van der Waals surface area (Å²) in [5.41, 5.74) is 6.92. The Hall–Kier alpha value is -0.870. The predicted octanol–water partition coefficient (Wildman–Crippen LogP) is 2.62. The second kappa shape index (κ2) is 5.41. The van der Waals surface area contributed by atoms with Gasteiger partial charge in [-0.2, -0.15) is 0 Å². The first-order valence-corrected chi connectivity index (χ1v) is 7.54. The van der Waals surface area contributed by atoms with E-state index in [1.807, 2.05) is 6.07 Å². The van der Waals surface area contributed by atoms with E-state index in [4.69, 9.17) is 5.73 Å². The van der Waals surface area contributed by atoms with Crippen molar-refractivity contribution in [3.05, 3.63) is 21.4 Å². The summed E-state index contributed by atoms with van der Waals surface area (Å²) in [6.07, 6.45) is 5.36. The van der Waals surface area contributed by atoms with Crippen LogP contribution in [0.25, 0.3) is 0 Å². The summed E-state index contributed by atoms with van der Waals surface area (Å²) >= 11 is 1.61. The van der Waals surface area contributed by atoms with Crippen molar-refractivity contribution in [2.45, 2.75) is 51.5 Å². The van der Waals surface area contributed by atoms with E-state index in [1.54, 1.807) is 11.3 Å². The zero-order chi connectivity index (χ0) is 13.2. The van der Waals surface area contributed by atoms with Crippen LogP contribution in [0.5, 0.6) is 0 Å². The Bertz CT molecular complexity index is 433. The third-order valence-corrected chi connectivity index (χ3v) is 5.28. The van der Waals surface area contributed by atoms with Gasteiger partial charge in [0.1, 0.15) is 0 Å². The van der Waals surface area contributed by atoms with Crippen molar-refractivity contribution in [2.75, 3.05) is 6.54 Å². The average Bonchev–Trinajstić information content (AvgIpc) is 2.96. The highest BCUT2D eigenvalue weighted by atomic mass is 32.1. The van der Waals surface area contributed by atoms with Gasteiger partial charge in [0.25, 0.3) is 5.91 Å². The van der Waals surface area contributed by atoms with Crippen LogP contribution in [0.1, 0.15) is 52.7 Å². The van der Waals surface area contributed by atoms with Crippen LogP contribution in [0.2, 0.25) is 0 Å². The van der Waals surface area contributed by atoms with Crippen LogP contribution in [-0.4, -0.2) is 18.0 Å². The number of amides is 1. The van der Waals surface area contributed by atoms with Crippen molar-refractivity contribution in [1.82, 2.24) is 5.32 Å². The molecule has 0 atom stereocenters. The quantitative estimate of drug-likeness (QED) is 0.880. The van der Waals surface area contributed by atoms with Gasteiger partial charge in [0.2, 0.25) is 0 Å². The molecule has 100 valence electrons. The number of nitrogens with two attached hydrogens (primary N) is 1. The summed E-state index contributed by atoms with van der Waals surface area (Å²) in [6, 6.07) is 2.00. The van der Waals surface area contributed by atoms with Gasteiger partial charge >= 0.3 is 0 Å². The molecule has 0 saturated heterocycles. The van der Waals surface area contributed by atoms with Crippen molar-refractivity contribution in [1.29, 1.82) is 0 Å². The van der Waals surface area contributed by atoms with Gasteiger partial charge < -0.3 is 11.1 Å². The molecule has 1 fully saturated rings. The van der Waals surface area contributed by atoms with Gasteiger partial charge in [-0.1, -0.05) is 19.8 Å². The highest BCUT2D eigenvalue weighted by Crippen LogP contribution is 2.30. The minimum absolute atomic E-state index is 0.0511. The fraction of sp³-hybridized carbons (Fsp3) is 0.643. The lowest BCUT2D eigenvalue weighted by molar-refractivity contribution is 0.0907. The fourth-order valence-electron chi connectivity index (χ4n) is 2.72. The Morgan fingerprint density at radius 2 is 2.17 bits per heavy atom. The number of hydrogen-bond donors (Lipinski definition) is 2. The molecule has 0 aliphatic heterocycles. The molecular weight excluding hydrogens is 244 g/mol. The number of thiophene rings is 1. The second-order valence-electron chi connectivity index (χ2n) is 5.22. The summed E-state index contributed by atoms with van der Waals surface area (Å²) in [5, 5.41) is 3.17. The monoisotopic (exact) mass is 266 g/mol. The first-order valence-electron chi connectivity index (χ1n) is 6.72. The zero-order valence-corrected chi connectivity index (χ0v) is 12.0. The molecule has 1 aliphatic carbocycles. The molecule has 1 saturated carbocycles. The van der Waals surface area contributed by atoms with Gasteiger partial charge in [0.15, 0.2) is 0 Å². The van der Waals surface area contributed by atoms with Crippen LogP contribution in [0.3, 0.4) is 0 Å². The van der Waals surface area contributed by atoms with Crippen LogP contribution in [0, 0.1) is 6.92 Å². The predicted molar refractivity (Wildman–Crippen MR) is 76.2 cm³/mol. The Morgan fingerprint density at radius 3 is 2.67 bits per heavy atom. The van der Waals surface area contributed by atoms with Gasteiger partial charge in [-0.05, 0) is 37.8 Å². The highest BCUT2D eigenvalue weighted by molar-refractivity contribution is 7.14. The molecule has 2 rings (SSSR count). The van der Waals surface area contributed by atoms with Crippen LogP contribution < -0.4 is 11.1 Å². The SMILES string of the molecule is CCc1sc(C(=O)NC2(CN)CCCC2)cc1C. The third kappa shape index (κ3) is 2.59. The zero-order valence-electron chi connectivity index (χ0n) is 11.2. The van der Waals surface area contributed by atoms with Gasteiger partial charge in [-0.15, -0.1) is 11.3 Å². The van der Waals surface area contributed by atoms with Crippen LogP contribution in [0.4, 0.5) is 0 Å². The standard InChI is InChI=1S/C14H22N2OS/c1-3-11-10(2)8-12(18-11)13(17)16-14(9-15)6-4-5-7-14/h8H,3-7,9,15H2,1-2H3,(H,16,17). The van der Waals surface area contributed by atoms with Crippen molar-refractivity contribution in [3.63, 3.8) is 0 Å². The lowest BCUT2D eigenvalue weighted by Crippen LogP contribution is -2.51. The average molecular weight is 266 g/mol. The van der Waals surface area contributed by atoms with E-state index in [2.05, 4.69) is 19.2 Å². The normalized spacial score (nSPS) is 17.9. The Labute approximate surface area is 113 Å². The third-order valence-electron chi connectivity index (χ3n) is 3.90. The van der Waals surface area contributed by atoms with Gasteiger partial charge in [0.05, 0.1) is 10.4 Å². The summed E-state index contributed by atoms with van der Waals surface area (Å²) < 4.78 is 0. The van der Waals surface area contributed by atoms with Gasteiger partial charge in [-0.25, -0.2) is 0 Å². The lowest BCUT2D eigenvalue weighted by atomic mass is 9.98. The fourth-order valence-corrected chi connectivity index (χ4v) is 3.73. The Kier molecular flexibility index (Phi) is 4.07. The number of rotatable bonds is 4. The molecule has 0 bridgehead atoms. The summed E-state index contributed by atoms with van der Waals surface area (Å²) in [5.74, 6) is 0.0511. The number of hydrogen-bond acceptors (Lipinski definition) is 3. The molecule has 18 heavy (non-hydrogen) atoms. The molecule has 0 radical (unpaired) electrons. The molecule has 1 aliphatic rings. The topological polar surface area (TPSA) is 55.1 Å². The summed E-state index contributed by atoms with van der Waals surface area (Å²) in [6.45, 7) is 4.74. The Balaban J connectivity index is 2.11. The van der Waals surface area contributed by atoms with Crippen LogP contribution in [0.15, 0.2) is 6.07 Å². The minimum Gasteiger partial charge on any atom is -0.345 e. The molecule has 3 nitrogen and oxygen atoms in total. The smallest absolute Gasteiger partial charge is 0.261 e. The van der Waals surface area contributed by atoms with E-state index in [0.29, 0.717) is 6.54 Å². The van der Waals surface area contributed by atoms with Crippen LogP contribution in [-0.2, 0) is 6.42 Å². The molecule has 1 aromatic heterocycles. The van der Waals surface area contributed by atoms with Crippen molar-refractivity contribution < 1.29 is 4.79 Å². The number of carbonyl (C=O) groups is 1. The number of aryl methyl sites for hydroxylation is 2. The molecule has 4 heteroatoms. The van der Waals surface area contributed by atoms with E-state index in [1.165, 1.54) is 23.3 Å². The van der Waals surface area contributed by atoms with Gasteiger partial charge in [0, 0.05) is 11.4 Å². The molecule has 3 N–H and O–H groups in total. The maximum absolute atomic E-state index is 12.3. The maximum Gasteiger partial charge on any atom is 0.261 e. The Morgan fingerprint density at radius 1 is 1.50 bits per heavy atom. The second-order valence-corrected chi connectivity index (χ2v) is 6.35.